The lowest BCUT2D eigenvalue weighted by Crippen LogP contribution is -2.00. The van der Waals surface area contributed by atoms with Gasteiger partial charge in [-0.3, -0.25) is 0 Å². The van der Waals surface area contributed by atoms with Crippen molar-refractivity contribution in [1.29, 1.82) is 0 Å². The zero-order valence-electron chi connectivity index (χ0n) is 9.39. The minimum Gasteiger partial charge on any atom is -0.487 e. The standard InChI is InChI=1S/C12H15Br2NO/c1-8(2)3-4-16-12-10(13)5-9(7-15)6-11(12)14/h3,5-6H,4,7,15H2,1-2H3. The van der Waals surface area contributed by atoms with Gasteiger partial charge in [0.05, 0.1) is 8.95 Å². The molecule has 0 saturated carbocycles. The van der Waals surface area contributed by atoms with Gasteiger partial charge < -0.3 is 10.5 Å². The zero-order chi connectivity index (χ0) is 12.1. The Morgan fingerprint density at radius 2 is 1.88 bits per heavy atom. The molecule has 16 heavy (non-hydrogen) atoms. The van der Waals surface area contributed by atoms with Gasteiger partial charge in [-0.2, -0.15) is 0 Å². The lowest BCUT2D eigenvalue weighted by molar-refractivity contribution is 0.357. The third-order valence-electron chi connectivity index (χ3n) is 2.01. The highest BCUT2D eigenvalue weighted by atomic mass is 79.9. The van der Waals surface area contributed by atoms with Crippen LogP contribution in [0.1, 0.15) is 19.4 Å². The van der Waals surface area contributed by atoms with Crippen molar-refractivity contribution in [3.63, 3.8) is 0 Å². The van der Waals surface area contributed by atoms with Crippen molar-refractivity contribution < 1.29 is 4.74 Å². The van der Waals surface area contributed by atoms with Crippen molar-refractivity contribution in [2.45, 2.75) is 20.4 Å². The summed E-state index contributed by atoms with van der Waals surface area (Å²) in [5.41, 5.74) is 7.89. The number of allylic oxidation sites excluding steroid dienone is 1. The van der Waals surface area contributed by atoms with Gasteiger partial charge >= 0.3 is 0 Å². The normalized spacial score (nSPS) is 10.1. The predicted molar refractivity (Wildman–Crippen MR) is 74.7 cm³/mol. The van der Waals surface area contributed by atoms with E-state index in [2.05, 4.69) is 31.9 Å². The van der Waals surface area contributed by atoms with Crippen LogP contribution in [0.25, 0.3) is 0 Å². The van der Waals surface area contributed by atoms with Crippen LogP contribution in [0, 0.1) is 0 Å². The average molecular weight is 349 g/mol. The molecule has 0 bridgehead atoms. The lowest BCUT2D eigenvalue weighted by Gasteiger charge is -2.10. The molecule has 1 rings (SSSR count). The summed E-state index contributed by atoms with van der Waals surface area (Å²) in [5.74, 6) is 0.815. The van der Waals surface area contributed by atoms with Crippen molar-refractivity contribution in [3.8, 4) is 5.75 Å². The van der Waals surface area contributed by atoms with Crippen LogP contribution in [0.5, 0.6) is 5.75 Å². The first-order valence-electron chi connectivity index (χ1n) is 4.98. The maximum Gasteiger partial charge on any atom is 0.148 e. The molecule has 0 saturated heterocycles. The van der Waals surface area contributed by atoms with Crippen LogP contribution < -0.4 is 10.5 Å². The van der Waals surface area contributed by atoms with E-state index in [1.165, 1.54) is 5.57 Å². The molecule has 4 heteroatoms. The van der Waals surface area contributed by atoms with E-state index >= 15 is 0 Å². The van der Waals surface area contributed by atoms with E-state index < -0.39 is 0 Å². The Morgan fingerprint density at radius 3 is 2.31 bits per heavy atom. The number of nitrogens with two attached hydrogens (primary N) is 1. The molecule has 0 atom stereocenters. The molecule has 0 spiro atoms. The molecule has 1 aromatic carbocycles. The van der Waals surface area contributed by atoms with E-state index in [9.17, 15) is 0 Å². The molecular weight excluding hydrogens is 334 g/mol. The Labute approximate surface area is 113 Å². The van der Waals surface area contributed by atoms with Gasteiger partial charge in [0.15, 0.2) is 0 Å². The van der Waals surface area contributed by atoms with Crippen LogP contribution in [0.4, 0.5) is 0 Å². The number of ether oxygens (including phenoxy) is 1. The highest BCUT2D eigenvalue weighted by Crippen LogP contribution is 2.34. The summed E-state index contributed by atoms with van der Waals surface area (Å²) in [5, 5.41) is 0. The van der Waals surface area contributed by atoms with Gasteiger partial charge in [-0.25, -0.2) is 0 Å². The minimum atomic E-state index is 0.519. The Bertz CT molecular complexity index is 375. The number of benzene rings is 1. The minimum absolute atomic E-state index is 0.519. The first kappa shape index (κ1) is 13.7. The third kappa shape index (κ3) is 3.92. The summed E-state index contributed by atoms with van der Waals surface area (Å²) < 4.78 is 7.51. The molecule has 0 aliphatic rings. The maximum absolute atomic E-state index is 5.67. The van der Waals surface area contributed by atoms with Gasteiger partial charge in [0.2, 0.25) is 0 Å². The number of rotatable bonds is 4. The van der Waals surface area contributed by atoms with Crippen LogP contribution in [0.2, 0.25) is 0 Å². The van der Waals surface area contributed by atoms with E-state index in [-0.39, 0.29) is 0 Å². The molecule has 2 nitrogen and oxygen atoms in total. The molecule has 1 aromatic rings. The van der Waals surface area contributed by atoms with Gasteiger partial charge in [-0.1, -0.05) is 5.57 Å². The van der Waals surface area contributed by atoms with Gasteiger partial charge in [-0.15, -0.1) is 0 Å². The van der Waals surface area contributed by atoms with E-state index in [1.807, 2.05) is 32.1 Å². The molecular formula is C12H15Br2NO. The predicted octanol–water partition coefficient (Wildman–Crippen LogP) is 4.02. The second kappa shape index (κ2) is 6.42. The Balaban J connectivity index is 2.84. The van der Waals surface area contributed by atoms with Crippen LogP contribution in [-0.2, 0) is 6.54 Å². The molecule has 88 valence electrons. The highest BCUT2D eigenvalue weighted by Gasteiger charge is 2.07. The molecule has 0 radical (unpaired) electrons. The molecule has 0 fully saturated rings. The van der Waals surface area contributed by atoms with Crippen LogP contribution in [0.3, 0.4) is 0 Å². The molecule has 0 aliphatic heterocycles. The topological polar surface area (TPSA) is 35.2 Å². The van der Waals surface area contributed by atoms with Gasteiger partial charge in [0, 0.05) is 6.54 Å². The summed E-state index contributed by atoms with van der Waals surface area (Å²) in [7, 11) is 0. The maximum atomic E-state index is 5.67. The molecule has 0 unspecified atom stereocenters. The van der Waals surface area contributed by atoms with Crippen molar-refractivity contribution in [2.24, 2.45) is 5.73 Å². The second-order valence-electron chi connectivity index (χ2n) is 3.69. The molecule has 0 aliphatic carbocycles. The molecule has 0 heterocycles. The summed E-state index contributed by atoms with van der Waals surface area (Å²) in [6, 6.07) is 3.95. The Morgan fingerprint density at radius 1 is 1.31 bits per heavy atom. The lowest BCUT2D eigenvalue weighted by atomic mass is 10.2. The van der Waals surface area contributed by atoms with Crippen LogP contribution in [0.15, 0.2) is 32.7 Å². The molecule has 0 amide bonds. The van der Waals surface area contributed by atoms with Crippen molar-refractivity contribution >= 4 is 31.9 Å². The fraction of sp³-hybridized carbons (Fsp3) is 0.333. The van der Waals surface area contributed by atoms with Gasteiger partial charge in [0.1, 0.15) is 12.4 Å². The summed E-state index contributed by atoms with van der Waals surface area (Å²) >= 11 is 6.95. The van der Waals surface area contributed by atoms with Crippen molar-refractivity contribution in [1.82, 2.24) is 0 Å². The third-order valence-corrected chi connectivity index (χ3v) is 3.19. The summed E-state index contributed by atoms with van der Waals surface area (Å²) in [6.07, 6.45) is 2.04. The molecule has 0 aromatic heterocycles. The fourth-order valence-corrected chi connectivity index (χ4v) is 2.67. The second-order valence-corrected chi connectivity index (χ2v) is 5.39. The van der Waals surface area contributed by atoms with E-state index in [0.29, 0.717) is 13.2 Å². The van der Waals surface area contributed by atoms with Crippen molar-refractivity contribution in [2.75, 3.05) is 6.61 Å². The fourth-order valence-electron chi connectivity index (χ4n) is 1.16. The first-order chi connectivity index (χ1) is 7.54. The average Bonchev–Trinajstić information content (AvgIpc) is 2.21. The smallest absolute Gasteiger partial charge is 0.148 e. The van der Waals surface area contributed by atoms with E-state index in [4.69, 9.17) is 10.5 Å². The quantitative estimate of drug-likeness (QED) is 0.834. The van der Waals surface area contributed by atoms with Gasteiger partial charge in [0.25, 0.3) is 0 Å². The van der Waals surface area contributed by atoms with Crippen LogP contribution >= 0.6 is 31.9 Å². The van der Waals surface area contributed by atoms with E-state index in [0.717, 1.165) is 20.3 Å². The zero-order valence-corrected chi connectivity index (χ0v) is 12.6. The van der Waals surface area contributed by atoms with Gasteiger partial charge in [-0.05, 0) is 69.5 Å². The summed E-state index contributed by atoms with van der Waals surface area (Å²) in [6.45, 7) is 5.18. The number of hydrogen-bond donors (Lipinski definition) is 1. The SMILES string of the molecule is CC(C)=CCOc1c(Br)cc(CN)cc1Br. The largest absolute Gasteiger partial charge is 0.487 e. The van der Waals surface area contributed by atoms with Crippen molar-refractivity contribution in [3.05, 3.63) is 38.3 Å². The highest BCUT2D eigenvalue weighted by molar-refractivity contribution is 9.11. The summed E-state index contributed by atoms with van der Waals surface area (Å²) in [4.78, 5) is 0. The van der Waals surface area contributed by atoms with Crippen LogP contribution in [-0.4, -0.2) is 6.61 Å². The monoisotopic (exact) mass is 347 g/mol. The number of halogens is 2. The first-order valence-corrected chi connectivity index (χ1v) is 6.57. The van der Waals surface area contributed by atoms with E-state index in [1.54, 1.807) is 0 Å². The Hall–Kier alpha value is -0.320. The number of hydrogen-bond acceptors (Lipinski definition) is 2. The molecule has 2 N–H and O–H groups in total. The Kier molecular flexibility index (Phi) is 5.52.